The lowest BCUT2D eigenvalue weighted by molar-refractivity contribution is -0.154. The molecule has 2 atom stereocenters. The summed E-state index contributed by atoms with van der Waals surface area (Å²) in [5.41, 5.74) is -0.0300. The molecule has 104 valence electrons. The van der Waals surface area contributed by atoms with Gasteiger partial charge in [-0.25, -0.2) is 0 Å². The van der Waals surface area contributed by atoms with Crippen molar-refractivity contribution in [3.05, 3.63) is 0 Å². The van der Waals surface area contributed by atoms with E-state index in [4.69, 9.17) is 14.2 Å². The van der Waals surface area contributed by atoms with E-state index in [-0.39, 0.29) is 23.7 Å². The molecule has 0 radical (unpaired) electrons. The van der Waals surface area contributed by atoms with Gasteiger partial charge in [-0.1, -0.05) is 0 Å². The minimum absolute atomic E-state index is 0.0300. The van der Waals surface area contributed by atoms with Crippen LogP contribution in [0.1, 0.15) is 26.7 Å². The van der Waals surface area contributed by atoms with Gasteiger partial charge in [0.25, 0.3) is 0 Å². The number of morpholine rings is 1. The van der Waals surface area contributed by atoms with Gasteiger partial charge in [0, 0.05) is 13.1 Å². The second kappa shape index (κ2) is 5.55. The van der Waals surface area contributed by atoms with Crippen LogP contribution in [-0.2, 0) is 19.0 Å². The minimum Gasteiger partial charge on any atom is -0.468 e. The average molecular weight is 257 g/mol. The van der Waals surface area contributed by atoms with Gasteiger partial charge in [0.15, 0.2) is 0 Å². The molecule has 5 nitrogen and oxygen atoms in total. The molecule has 0 spiro atoms. The minimum atomic E-state index is -0.281. The molecule has 2 saturated heterocycles. The molecule has 2 aliphatic rings. The zero-order valence-corrected chi connectivity index (χ0v) is 11.5. The van der Waals surface area contributed by atoms with Crippen molar-refractivity contribution in [3.8, 4) is 0 Å². The Morgan fingerprint density at radius 1 is 1.50 bits per heavy atom. The molecule has 0 aromatic heterocycles. The van der Waals surface area contributed by atoms with Crippen molar-refractivity contribution in [1.29, 1.82) is 0 Å². The molecule has 2 fully saturated rings. The average Bonchev–Trinajstić information content (AvgIpc) is 2.68. The molecule has 0 aromatic carbocycles. The fraction of sp³-hybridized carbons (Fsp3) is 0.923. The van der Waals surface area contributed by atoms with Crippen molar-refractivity contribution in [3.63, 3.8) is 0 Å². The Morgan fingerprint density at radius 2 is 2.28 bits per heavy atom. The molecule has 2 unspecified atom stereocenters. The Bertz CT molecular complexity index is 305. The molecule has 0 aliphatic carbocycles. The van der Waals surface area contributed by atoms with Crippen LogP contribution >= 0.6 is 0 Å². The van der Waals surface area contributed by atoms with Crippen LogP contribution in [0.25, 0.3) is 0 Å². The lowest BCUT2D eigenvalue weighted by Crippen LogP contribution is -2.52. The van der Waals surface area contributed by atoms with Crippen LogP contribution in [0, 0.1) is 0 Å². The van der Waals surface area contributed by atoms with E-state index in [1.165, 1.54) is 7.11 Å². The van der Waals surface area contributed by atoms with E-state index in [0.717, 1.165) is 25.9 Å². The molecule has 0 amide bonds. The van der Waals surface area contributed by atoms with Crippen LogP contribution in [0.4, 0.5) is 0 Å². The summed E-state index contributed by atoms with van der Waals surface area (Å²) in [5, 5.41) is 0. The van der Waals surface area contributed by atoms with Gasteiger partial charge in [-0.3, -0.25) is 9.69 Å². The smallest absolute Gasteiger partial charge is 0.325 e. The largest absolute Gasteiger partial charge is 0.468 e. The van der Waals surface area contributed by atoms with E-state index in [2.05, 4.69) is 18.7 Å². The van der Waals surface area contributed by atoms with E-state index in [9.17, 15) is 4.79 Å². The highest BCUT2D eigenvalue weighted by Gasteiger charge is 2.36. The zero-order chi connectivity index (χ0) is 13.2. The number of methoxy groups -OCH3 is 1. The van der Waals surface area contributed by atoms with Gasteiger partial charge in [-0.05, 0) is 26.7 Å². The van der Waals surface area contributed by atoms with Gasteiger partial charge >= 0.3 is 5.97 Å². The first-order valence-corrected chi connectivity index (χ1v) is 6.59. The molecule has 0 bridgehead atoms. The second-order valence-corrected chi connectivity index (χ2v) is 5.65. The van der Waals surface area contributed by atoms with Crippen LogP contribution < -0.4 is 0 Å². The van der Waals surface area contributed by atoms with E-state index in [1.807, 2.05) is 0 Å². The SMILES string of the molecule is COC(=O)C1COCCN1CC1CCC(C)(C)O1. The molecule has 2 aliphatic heterocycles. The molecular formula is C13H23NO4. The maximum Gasteiger partial charge on any atom is 0.325 e. The van der Waals surface area contributed by atoms with E-state index < -0.39 is 0 Å². The maximum atomic E-state index is 11.7. The molecule has 0 saturated carbocycles. The number of esters is 1. The first kappa shape index (κ1) is 13.8. The summed E-state index contributed by atoms with van der Waals surface area (Å²) in [7, 11) is 1.42. The Hall–Kier alpha value is -0.650. The van der Waals surface area contributed by atoms with Gasteiger partial charge in [-0.15, -0.1) is 0 Å². The highest BCUT2D eigenvalue weighted by Crippen LogP contribution is 2.30. The number of nitrogens with zero attached hydrogens (tertiary/aromatic N) is 1. The highest BCUT2D eigenvalue weighted by atomic mass is 16.5. The van der Waals surface area contributed by atoms with Crippen LogP contribution in [0.15, 0.2) is 0 Å². The van der Waals surface area contributed by atoms with Crippen LogP contribution in [0.5, 0.6) is 0 Å². The third-order valence-electron chi connectivity index (χ3n) is 3.70. The number of carbonyl (C=O) groups excluding carboxylic acids is 1. The van der Waals surface area contributed by atoms with Gasteiger partial charge in [-0.2, -0.15) is 0 Å². The summed E-state index contributed by atoms with van der Waals surface area (Å²) in [5.74, 6) is -0.216. The standard InChI is InChI=1S/C13H23NO4/c1-13(2)5-4-10(18-13)8-14-6-7-17-9-11(14)12(15)16-3/h10-11H,4-9H2,1-3H3. The highest BCUT2D eigenvalue weighted by molar-refractivity contribution is 5.75. The van der Waals surface area contributed by atoms with Crippen molar-refractivity contribution in [2.24, 2.45) is 0 Å². The van der Waals surface area contributed by atoms with Crippen LogP contribution in [-0.4, -0.2) is 62.0 Å². The Morgan fingerprint density at radius 3 is 2.89 bits per heavy atom. The second-order valence-electron chi connectivity index (χ2n) is 5.65. The van der Waals surface area contributed by atoms with Gasteiger partial charge in [0.2, 0.25) is 0 Å². The zero-order valence-electron chi connectivity index (χ0n) is 11.5. The number of hydrogen-bond acceptors (Lipinski definition) is 5. The fourth-order valence-corrected chi connectivity index (χ4v) is 2.68. The monoisotopic (exact) mass is 257 g/mol. The number of rotatable bonds is 3. The third kappa shape index (κ3) is 3.22. The summed E-state index contributed by atoms with van der Waals surface area (Å²) >= 11 is 0. The van der Waals surface area contributed by atoms with Crippen LogP contribution in [0.2, 0.25) is 0 Å². The summed E-state index contributed by atoms with van der Waals surface area (Å²) in [4.78, 5) is 13.8. The topological polar surface area (TPSA) is 48.0 Å². The Balaban J connectivity index is 1.92. The van der Waals surface area contributed by atoms with Crippen molar-refractivity contribution >= 4 is 5.97 Å². The van der Waals surface area contributed by atoms with Gasteiger partial charge in [0.05, 0.1) is 32.0 Å². The number of hydrogen-bond donors (Lipinski definition) is 0. The summed E-state index contributed by atoms with van der Waals surface area (Å²) < 4.78 is 16.2. The van der Waals surface area contributed by atoms with Crippen molar-refractivity contribution in [1.82, 2.24) is 4.90 Å². The number of carbonyl (C=O) groups is 1. The summed E-state index contributed by atoms with van der Waals surface area (Å²) in [6.07, 6.45) is 2.34. The van der Waals surface area contributed by atoms with Crippen molar-refractivity contribution < 1.29 is 19.0 Å². The predicted molar refractivity (Wildman–Crippen MR) is 66.4 cm³/mol. The van der Waals surface area contributed by atoms with Crippen molar-refractivity contribution in [2.45, 2.75) is 44.4 Å². The first-order chi connectivity index (χ1) is 8.52. The molecular weight excluding hydrogens is 234 g/mol. The molecule has 0 N–H and O–H groups in total. The lowest BCUT2D eigenvalue weighted by atomic mass is 10.1. The number of ether oxygens (including phenoxy) is 3. The normalized spacial score (nSPS) is 32.4. The maximum absolute atomic E-state index is 11.7. The van der Waals surface area contributed by atoms with E-state index in [0.29, 0.717) is 13.2 Å². The molecule has 5 heteroatoms. The fourth-order valence-electron chi connectivity index (χ4n) is 2.68. The van der Waals surface area contributed by atoms with E-state index in [1.54, 1.807) is 0 Å². The molecule has 2 rings (SSSR count). The van der Waals surface area contributed by atoms with Crippen LogP contribution in [0.3, 0.4) is 0 Å². The molecule has 18 heavy (non-hydrogen) atoms. The Labute approximate surface area is 108 Å². The summed E-state index contributed by atoms with van der Waals surface area (Å²) in [6, 6.07) is -0.281. The lowest BCUT2D eigenvalue weighted by Gasteiger charge is -2.35. The molecule has 2 heterocycles. The van der Waals surface area contributed by atoms with Crippen molar-refractivity contribution in [2.75, 3.05) is 33.4 Å². The Kier molecular flexibility index (Phi) is 4.25. The molecule has 0 aromatic rings. The quantitative estimate of drug-likeness (QED) is 0.701. The van der Waals surface area contributed by atoms with E-state index >= 15 is 0 Å². The van der Waals surface area contributed by atoms with Gasteiger partial charge in [0.1, 0.15) is 6.04 Å². The first-order valence-electron chi connectivity index (χ1n) is 6.59. The van der Waals surface area contributed by atoms with Gasteiger partial charge < -0.3 is 14.2 Å². The predicted octanol–water partition coefficient (Wildman–Crippen LogP) is 0.818. The summed E-state index contributed by atoms with van der Waals surface area (Å²) in [6.45, 7) is 6.87. The third-order valence-corrected chi connectivity index (χ3v) is 3.70.